The Morgan fingerprint density at radius 2 is 1.91 bits per heavy atom. The zero-order valence-corrected chi connectivity index (χ0v) is 26.3. The van der Waals surface area contributed by atoms with Crippen molar-refractivity contribution in [1.82, 2.24) is 29.4 Å². The van der Waals surface area contributed by atoms with Gasteiger partial charge in [-0.1, -0.05) is 23.8 Å². The van der Waals surface area contributed by atoms with E-state index in [1.54, 1.807) is 16.3 Å². The molecule has 7 rings (SSSR count). The van der Waals surface area contributed by atoms with Gasteiger partial charge in [-0.15, -0.1) is 11.8 Å². The van der Waals surface area contributed by atoms with Crippen LogP contribution >= 0.6 is 11.8 Å². The van der Waals surface area contributed by atoms with Crippen LogP contribution in [0.25, 0.3) is 22.1 Å². The number of fused-ring (bicyclic) bond motifs is 2. The first-order valence-electron chi connectivity index (χ1n) is 15.3. The number of thioether (sulfide) groups is 1. The Morgan fingerprint density at radius 1 is 1.07 bits per heavy atom. The molecule has 3 aromatic heterocycles. The molecule has 234 valence electrons. The van der Waals surface area contributed by atoms with Crippen LogP contribution in [-0.4, -0.2) is 77.4 Å². The summed E-state index contributed by atoms with van der Waals surface area (Å²) in [5, 5.41) is 28.9. The highest BCUT2D eigenvalue weighted by Gasteiger charge is 2.48. The summed E-state index contributed by atoms with van der Waals surface area (Å²) in [5.41, 5.74) is 7.22. The van der Waals surface area contributed by atoms with Crippen LogP contribution in [0.3, 0.4) is 0 Å². The molecule has 4 N–H and O–H groups in total. The smallest absolute Gasteiger partial charge is 0.252 e. The summed E-state index contributed by atoms with van der Waals surface area (Å²) in [4.78, 5) is 27.1. The molecule has 1 unspecified atom stereocenters. The molecule has 0 bridgehead atoms. The van der Waals surface area contributed by atoms with Crippen LogP contribution in [0.4, 0.5) is 5.82 Å². The number of carbonyl (C=O) groups is 1. The number of aliphatic hydroxyl groups is 2. The summed E-state index contributed by atoms with van der Waals surface area (Å²) in [5.74, 6) is 0.131. The number of rotatable bonds is 10. The van der Waals surface area contributed by atoms with Crippen molar-refractivity contribution in [3.05, 3.63) is 77.5 Å². The van der Waals surface area contributed by atoms with Crippen molar-refractivity contribution < 1.29 is 19.7 Å². The van der Waals surface area contributed by atoms with Gasteiger partial charge < -0.3 is 30.2 Å². The zero-order valence-electron chi connectivity index (χ0n) is 25.5. The van der Waals surface area contributed by atoms with E-state index in [-0.39, 0.29) is 6.04 Å². The molecule has 2 fully saturated rings. The molecule has 5 aromatic rings. The van der Waals surface area contributed by atoms with Crippen LogP contribution in [0, 0.1) is 13.8 Å². The fraction of sp³-hybridized carbons (Fsp3) is 0.394. The fourth-order valence-corrected chi connectivity index (χ4v) is 6.50. The first-order valence-corrected chi connectivity index (χ1v) is 16.5. The van der Waals surface area contributed by atoms with Crippen LogP contribution < -0.4 is 10.6 Å². The van der Waals surface area contributed by atoms with E-state index in [0.29, 0.717) is 23.5 Å². The summed E-state index contributed by atoms with van der Waals surface area (Å²) < 4.78 is 9.73. The van der Waals surface area contributed by atoms with Gasteiger partial charge in [0.1, 0.15) is 18.5 Å². The number of hydrogen-bond acceptors (Lipinski definition) is 9. The number of aryl methyl sites for hydroxylation is 2. The minimum absolute atomic E-state index is 0.112. The first kappa shape index (κ1) is 29.7. The molecule has 11 nitrogen and oxygen atoms in total. The molecule has 12 heteroatoms. The van der Waals surface area contributed by atoms with Gasteiger partial charge in [-0.2, -0.15) is 0 Å². The Balaban J connectivity index is 1.10. The molecule has 0 spiro atoms. The number of aliphatic hydroxyl groups excluding tert-OH is 2. The van der Waals surface area contributed by atoms with Crippen molar-refractivity contribution in [2.24, 2.45) is 0 Å². The Labute approximate surface area is 265 Å². The Morgan fingerprint density at radius 3 is 2.71 bits per heavy atom. The lowest BCUT2D eigenvalue weighted by molar-refractivity contribution is -0.137. The van der Waals surface area contributed by atoms with Gasteiger partial charge in [0.2, 0.25) is 0 Å². The molecule has 1 saturated carbocycles. The number of ether oxygens (including phenoxy) is 1. The third kappa shape index (κ3) is 5.79. The number of benzene rings is 2. The fourth-order valence-electron chi connectivity index (χ4n) is 6.06. The van der Waals surface area contributed by atoms with Crippen LogP contribution in [0.2, 0.25) is 0 Å². The maximum absolute atomic E-state index is 12.6. The third-order valence-corrected chi connectivity index (χ3v) is 9.48. The Hall–Kier alpha value is -3.97. The third-order valence-electron chi connectivity index (χ3n) is 8.76. The number of carbonyl (C=O) groups excluding carboxylic acids is 1. The summed E-state index contributed by atoms with van der Waals surface area (Å²) in [6.45, 7) is 5.69. The maximum atomic E-state index is 12.6. The number of anilines is 1. The van der Waals surface area contributed by atoms with Gasteiger partial charge in [-0.3, -0.25) is 9.36 Å². The second-order valence-electron chi connectivity index (χ2n) is 12.0. The minimum Gasteiger partial charge on any atom is -0.387 e. The summed E-state index contributed by atoms with van der Waals surface area (Å²) in [7, 11) is 0. The molecule has 4 heterocycles. The van der Waals surface area contributed by atoms with Crippen molar-refractivity contribution in [2.45, 2.75) is 75.1 Å². The zero-order chi connectivity index (χ0) is 31.2. The lowest BCUT2D eigenvalue weighted by Gasteiger charge is -2.16. The van der Waals surface area contributed by atoms with Crippen molar-refractivity contribution in [3.8, 4) is 0 Å². The Bertz CT molecular complexity index is 1880. The van der Waals surface area contributed by atoms with E-state index in [0.717, 1.165) is 25.8 Å². The molecule has 1 saturated heterocycles. The van der Waals surface area contributed by atoms with Crippen LogP contribution in [0.1, 0.15) is 41.3 Å². The monoisotopic (exact) mass is 627 g/mol. The summed E-state index contributed by atoms with van der Waals surface area (Å²) >= 11 is 1.73. The van der Waals surface area contributed by atoms with Crippen molar-refractivity contribution in [3.63, 3.8) is 0 Å². The van der Waals surface area contributed by atoms with Gasteiger partial charge in [0.05, 0.1) is 6.33 Å². The first-order chi connectivity index (χ1) is 21.8. The molecule has 2 aromatic carbocycles. The molecular weight excluding hydrogens is 590 g/mol. The van der Waals surface area contributed by atoms with E-state index < -0.39 is 30.4 Å². The van der Waals surface area contributed by atoms with Crippen LogP contribution in [0.15, 0.2) is 60.1 Å². The van der Waals surface area contributed by atoms with Crippen molar-refractivity contribution in [2.75, 3.05) is 18.1 Å². The van der Waals surface area contributed by atoms with Gasteiger partial charge in [0.25, 0.3) is 5.91 Å². The maximum Gasteiger partial charge on any atom is 0.252 e. The average Bonchev–Trinajstić information content (AvgIpc) is 3.53. The van der Waals surface area contributed by atoms with Crippen LogP contribution in [-0.2, 0) is 22.5 Å². The van der Waals surface area contributed by atoms with E-state index >= 15 is 0 Å². The SMILES string of the molecule is CSc1ccc2c(c1)c(CCNc1ncnc3c1ncn3C1O[C@H](C(=O)NC3CC3)[C@@H](O)[C@H]1O)cn2Cc1cc(C)ccc1C. The predicted octanol–water partition coefficient (Wildman–Crippen LogP) is 3.72. The molecule has 45 heavy (non-hydrogen) atoms. The summed E-state index contributed by atoms with van der Waals surface area (Å²) in [6, 6.07) is 13.4. The number of imidazole rings is 1. The average molecular weight is 628 g/mol. The lowest BCUT2D eigenvalue weighted by Crippen LogP contribution is -2.43. The highest BCUT2D eigenvalue weighted by atomic mass is 32.2. The highest BCUT2D eigenvalue weighted by Crippen LogP contribution is 2.33. The molecule has 2 aliphatic rings. The number of nitrogens with zero attached hydrogens (tertiary/aromatic N) is 5. The van der Waals surface area contributed by atoms with E-state index in [1.807, 2.05) is 0 Å². The van der Waals surface area contributed by atoms with E-state index in [4.69, 9.17) is 4.74 Å². The van der Waals surface area contributed by atoms with E-state index in [2.05, 4.69) is 92.9 Å². The molecule has 1 aliphatic carbocycles. The largest absolute Gasteiger partial charge is 0.387 e. The van der Waals surface area contributed by atoms with Gasteiger partial charge in [-0.25, -0.2) is 15.0 Å². The second-order valence-corrected chi connectivity index (χ2v) is 12.9. The van der Waals surface area contributed by atoms with Crippen LogP contribution in [0.5, 0.6) is 0 Å². The van der Waals surface area contributed by atoms with Gasteiger partial charge in [0, 0.05) is 41.1 Å². The highest BCUT2D eigenvalue weighted by molar-refractivity contribution is 7.98. The number of nitrogens with one attached hydrogen (secondary N) is 2. The van der Waals surface area contributed by atoms with Gasteiger partial charge in [-0.05, 0) is 74.3 Å². The molecule has 1 aliphatic heterocycles. The van der Waals surface area contributed by atoms with Gasteiger partial charge >= 0.3 is 0 Å². The number of amides is 1. The van der Waals surface area contributed by atoms with E-state index in [9.17, 15) is 15.0 Å². The minimum atomic E-state index is -1.37. The quantitative estimate of drug-likeness (QED) is 0.171. The van der Waals surface area contributed by atoms with Crippen molar-refractivity contribution in [1.29, 1.82) is 0 Å². The normalized spacial score (nSPS) is 21.5. The molecule has 1 amide bonds. The molecular formula is C33H37N7O4S. The predicted molar refractivity (Wildman–Crippen MR) is 173 cm³/mol. The number of hydrogen-bond donors (Lipinski definition) is 4. The molecule has 0 radical (unpaired) electrons. The summed E-state index contributed by atoms with van der Waals surface area (Å²) in [6.07, 6.45) is 4.97. The topological polar surface area (TPSA) is 139 Å². The van der Waals surface area contributed by atoms with Crippen molar-refractivity contribution >= 4 is 45.6 Å². The van der Waals surface area contributed by atoms with E-state index in [1.165, 1.54) is 50.7 Å². The Kier molecular flexibility index (Phi) is 7.98. The van der Waals surface area contributed by atoms with Gasteiger partial charge in [0.15, 0.2) is 29.3 Å². The number of aromatic nitrogens is 5. The standard InChI is InChI=1S/C33H37N7O4S/c1-18-4-5-19(2)21(12-18)15-39-14-20(24-13-23(45-3)8-9-25(24)39)10-11-34-30-26-31(36-16-35-30)40(17-37-26)33-28(42)27(41)29(44-33)32(43)38-22-6-7-22/h4-5,8-9,12-14,16-17,22,27-29,33,41-42H,6-7,10-11,15H2,1-3H3,(H,38,43)(H,34,35,36)/t27-,28+,29-,33?/m0/s1. The second kappa shape index (κ2) is 12.1. The lowest BCUT2D eigenvalue weighted by atomic mass is 10.1. The molecule has 4 atom stereocenters.